The summed E-state index contributed by atoms with van der Waals surface area (Å²) in [7, 11) is 1.61. The maximum absolute atomic E-state index is 5.78. The van der Waals surface area contributed by atoms with E-state index in [4.69, 9.17) is 20.9 Å². The van der Waals surface area contributed by atoms with Crippen molar-refractivity contribution in [3.05, 3.63) is 59.7 Å². The lowest BCUT2D eigenvalue weighted by Crippen LogP contribution is -2.22. The molecular weight excluding hydrogens is 393 g/mol. The van der Waals surface area contributed by atoms with Crippen molar-refractivity contribution >= 4 is 29.9 Å². The van der Waals surface area contributed by atoms with Crippen molar-refractivity contribution in [2.75, 3.05) is 7.11 Å². The summed E-state index contributed by atoms with van der Waals surface area (Å²) in [5.74, 6) is 1.42. The minimum atomic E-state index is 0. The molecule has 0 amide bonds. The van der Waals surface area contributed by atoms with Gasteiger partial charge in [-0.1, -0.05) is 36.4 Å². The van der Waals surface area contributed by atoms with Gasteiger partial charge in [0.05, 0.1) is 13.7 Å². The molecule has 0 aliphatic rings. The predicted octanol–water partition coefficient (Wildman–Crippen LogP) is 2.67. The fourth-order valence-corrected chi connectivity index (χ4v) is 1.85. The Morgan fingerprint density at radius 3 is 2.36 bits per heavy atom. The monoisotopic (exact) mass is 413 g/mol. The maximum Gasteiger partial charge on any atom is 0.186 e. The van der Waals surface area contributed by atoms with Gasteiger partial charge in [-0.3, -0.25) is 0 Å². The zero-order valence-corrected chi connectivity index (χ0v) is 14.7. The fraction of sp³-hybridized carbons (Fsp3) is 0.188. The molecule has 5 nitrogen and oxygen atoms in total. The van der Waals surface area contributed by atoms with Crippen molar-refractivity contribution in [2.45, 2.75) is 13.2 Å². The number of guanidine groups is 1. The fourth-order valence-electron chi connectivity index (χ4n) is 1.85. The lowest BCUT2D eigenvalue weighted by molar-refractivity contribution is 0.284. The van der Waals surface area contributed by atoms with Crippen LogP contribution in [0.25, 0.3) is 0 Å². The van der Waals surface area contributed by atoms with Gasteiger partial charge in [0, 0.05) is 0 Å². The highest BCUT2D eigenvalue weighted by atomic mass is 127. The predicted molar refractivity (Wildman–Crippen MR) is 98.7 cm³/mol. The molecule has 0 unspecified atom stereocenters. The van der Waals surface area contributed by atoms with Crippen LogP contribution in [0, 0.1) is 0 Å². The number of nitrogens with two attached hydrogens (primary N) is 2. The van der Waals surface area contributed by atoms with Gasteiger partial charge in [0.15, 0.2) is 17.5 Å². The molecule has 0 saturated heterocycles. The minimum Gasteiger partial charge on any atom is -0.493 e. The van der Waals surface area contributed by atoms with Gasteiger partial charge in [-0.2, -0.15) is 0 Å². The summed E-state index contributed by atoms with van der Waals surface area (Å²) in [6, 6.07) is 15.6. The Labute approximate surface area is 147 Å². The van der Waals surface area contributed by atoms with E-state index in [1.807, 2.05) is 48.5 Å². The van der Waals surface area contributed by atoms with Gasteiger partial charge < -0.3 is 20.9 Å². The molecule has 0 radical (unpaired) electrons. The average Bonchev–Trinajstić information content (AvgIpc) is 2.52. The number of methoxy groups -OCH3 is 1. The Morgan fingerprint density at radius 2 is 1.73 bits per heavy atom. The summed E-state index contributed by atoms with van der Waals surface area (Å²) >= 11 is 0. The Balaban J connectivity index is 0.00000242. The number of aliphatic imine (C=N–C) groups is 1. The first-order valence-electron chi connectivity index (χ1n) is 6.58. The quantitative estimate of drug-likeness (QED) is 0.434. The van der Waals surface area contributed by atoms with Gasteiger partial charge in [-0.15, -0.1) is 24.0 Å². The SMILES string of the molecule is COc1cc(CN=C(N)N)ccc1OCc1ccccc1.I. The van der Waals surface area contributed by atoms with E-state index in [-0.39, 0.29) is 29.9 Å². The van der Waals surface area contributed by atoms with Crippen LogP contribution < -0.4 is 20.9 Å². The van der Waals surface area contributed by atoms with Crippen molar-refractivity contribution in [3.8, 4) is 11.5 Å². The molecule has 0 aliphatic heterocycles. The molecule has 0 bridgehead atoms. The third-order valence-electron chi connectivity index (χ3n) is 2.91. The van der Waals surface area contributed by atoms with E-state index in [2.05, 4.69) is 4.99 Å². The van der Waals surface area contributed by atoms with Crippen molar-refractivity contribution in [2.24, 2.45) is 16.5 Å². The number of rotatable bonds is 6. The highest BCUT2D eigenvalue weighted by molar-refractivity contribution is 14.0. The highest BCUT2D eigenvalue weighted by Gasteiger charge is 2.06. The number of ether oxygens (including phenoxy) is 2. The van der Waals surface area contributed by atoms with Gasteiger partial charge in [0.25, 0.3) is 0 Å². The Morgan fingerprint density at radius 1 is 1.00 bits per heavy atom. The summed E-state index contributed by atoms with van der Waals surface area (Å²) in [5, 5.41) is 0. The average molecular weight is 413 g/mol. The molecule has 0 heterocycles. The normalized spacial score (nSPS) is 9.50. The molecular formula is C16H20IN3O2. The number of hydrogen-bond donors (Lipinski definition) is 2. The molecule has 0 aliphatic carbocycles. The molecule has 0 atom stereocenters. The molecule has 2 aromatic carbocycles. The van der Waals surface area contributed by atoms with Crippen LogP contribution in [-0.4, -0.2) is 13.1 Å². The van der Waals surface area contributed by atoms with E-state index >= 15 is 0 Å². The van der Waals surface area contributed by atoms with E-state index in [1.54, 1.807) is 7.11 Å². The Hall–Kier alpha value is -1.96. The summed E-state index contributed by atoms with van der Waals surface area (Å²) in [5.41, 5.74) is 12.7. The second kappa shape index (κ2) is 9.14. The van der Waals surface area contributed by atoms with E-state index in [0.717, 1.165) is 11.1 Å². The lowest BCUT2D eigenvalue weighted by atomic mass is 10.2. The van der Waals surface area contributed by atoms with Crippen molar-refractivity contribution in [1.29, 1.82) is 0 Å². The van der Waals surface area contributed by atoms with E-state index in [1.165, 1.54) is 0 Å². The summed E-state index contributed by atoms with van der Waals surface area (Å²) in [6.07, 6.45) is 0. The van der Waals surface area contributed by atoms with Gasteiger partial charge in [-0.25, -0.2) is 4.99 Å². The standard InChI is InChI=1S/C16H19N3O2.HI/c1-20-15-9-13(10-19-16(17)18)7-8-14(15)21-11-12-5-3-2-4-6-12;/h2-9H,10-11H2,1H3,(H4,17,18,19);1H. The van der Waals surface area contributed by atoms with Crippen LogP contribution >= 0.6 is 24.0 Å². The molecule has 0 saturated carbocycles. The molecule has 22 heavy (non-hydrogen) atoms. The third-order valence-corrected chi connectivity index (χ3v) is 2.91. The van der Waals surface area contributed by atoms with Crippen LogP contribution in [0.3, 0.4) is 0 Å². The second-order valence-electron chi connectivity index (χ2n) is 4.50. The Kier molecular flexibility index (Phi) is 7.51. The first-order valence-corrected chi connectivity index (χ1v) is 6.58. The molecule has 0 aromatic heterocycles. The van der Waals surface area contributed by atoms with Crippen LogP contribution in [0.2, 0.25) is 0 Å². The number of benzene rings is 2. The molecule has 4 N–H and O–H groups in total. The van der Waals surface area contributed by atoms with Gasteiger partial charge in [0.1, 0.15) is 6.61 Å². The van der Waals surface area contributed by atoms with Crippen molar-refractivity contribution in [1.82, 2.24) is 0 Å². The first-order chi connectivity index (χ1) is 10.2. The molecule has 2 aromatic rings. The minimum absolute atomic E-state index is 0. The lowest BCUT2D eigenvalue weighted by Gasteiger charge is -2.12. The van der Waals surface area contributed by atoms with Crippen LogP contribution in [0.5, 0.6) is 11.5 Å². The zero-order valence-electron chi connectivity index (χ0n) is 12.4. The molecule has 6 heteroatoms. The summed E-state index contributed by atoms with van der Waals surface area (Å²) < 4.78 is 11.1. The summed E-state index contributed by atoms with van der Waals surface area (Å²) in [6.45, 7) is 0.905. The largest absolute Gasteiger partial charge is 0.493 e. The first kappa shape index (κ1) is 18.1. The van der Waals surface area contributed by atoms with Crippen LogP contribution in [0.15, 0.2) is 53.5 Å². The van der Waals surface area contributed by atoms with Gasteiger partial charge in [0.2, 0.25) is 0 Å². The highest BCUT2D eigenvalue weighted by Crippen LogP contribution is 2.29. The third kappa shape index (κ3) is 5.44. The van der Waals surface area contributed by atoms with E-state index in [0.29, 0.717) is 24.7 Å². The Bertz CT molecular complexity index is 614. The second-order valence-corrected chi connectivity index (χ2v) is 4.50. The van der Waals surface area contributed by atoms with Crippen LogP contribution in [0.4, 0.5) is 0 Å². The zero-order chi connectivity index (χ0) is 15.1. The topological polar surface area (TPSA) is 82.9 Å². The molecule has 0 fully saturated rings. The van der Waals surface area contributed by atoms with Crippen LogP contribution in [0.1, 0.15) is 11.1 Å². The number of nitrogens with zero attached hydrogens (tertiary/aromatic N) is 1. The number of halogens is 1. The number of hydrogen-bond acceptors (Lipinski definition) is 3. The van der Waals surface area contributed by atoms with Gasteiger partial charge in [-0.05, 0) is 23.3 Å². The molecule has 118 valence electrons. The van der Waals surface area contributed by atoms with Gasteiger partial charge >= 0.3 is 0 Å². The maximum atomic E-state index is 5.78. The summed E-state index contributed by atoms with van der Waals surface area (Å²) in [4.78, 5) is 3.97. The van der Waals surface area contributed by atoms with E-state index in [9.17, 15) is 0 Å². The van der Waals surface area contributed by atoms with Crippen molar-refractivity contribution < 1.29 is 9.47 Å². The van der Waals surface area contributed by atoms with E-state index < -0.39 is 0 Å². The molecule has 2 rings (SSSR count). The smallest absolute Gasteiger partial charge is 0.186 e. The molecule has 0 spiro atoms. The van der Waals surface area contributed by atoms with Crippen molar-refractivity contribution in [3.63, 3.8) is 0 Å². The van der Waals surface area contributed by atoms with Crippen LogP contribution in [-0.2, 0) is 13.2 Å².